The van der Waals surface area contributed by atoms with Gasteiger partial charge in [0.15, 0.2) is 0 Å². The van der Waals surface area contributed by atoms with Gasteiger partial charge < -0.3 is 10.6 Å². The Kier molecular flexibility index (Phi) is 5.18. The van der Waals surface area contributed by atoms with E-state index in [-0.39, 0.29) is 12.1 Å². The molecule has 0 radical (unpaired) electrons. The van der Waals surface area contributed by atoms with Gasteiger partial charge >= 0.3 is 6.03 Å². The quantitative estimate of drug-likeness (QED) is 0.863. The minimum absolute atomic E-state index is 0.0941. The molecule has 106 valence electrons. The summed E-state index contributed by atoms with van der Waals surface area (Å²) in [7, 11) is 0. The van der Waals surface area contributed by atoms with E-state index in [1.54, 1.807) is 11.3 Å². The largest absolute Gasteiger partial charge is 0.338 e. The number of urea groups is 1. The number of benzene rings is 1. The van der Waals surface area contributed by atoms with E-state index in [1.165, 1.54) is 0 Å². The summed E-state index contributed by atoms with van der Waals surface area (Å²) in [6.07, 6.45) is 0. The van der Waals surface area contributed by atoms with Crippen LogP contribution in [0, 0.1) is 5.92 Å². The van der Waals surface area contributed by atoms with Crippen LogP contribution in [0.15, 0.2) is 47.8 Å². The third-order valence-corrected chi connectivity index (χ3v) is 3.84. The number of amides is 2. The van der Waals surface area contributed by atoms with Gasteiger partial charge in [0.2, 0.25) is 0 Å². The Morgan fingerprint density at radius 3 is 2.50 bits per heavy atom. The molecule has 0 spiro atoms. The third kappa shape index (κ3) is 4.10. The fraction of sp³-hybridized carbons (Fsp3) is 0.312. The van der Waals surface area contributed by atoms with Crippen molar-refractivity contribution in [2.24, 2.45) is 5.92 Å². The van der Waals surface area contributed by atoms with E-state index in [2.05, 4.69) is 24.5 Å². The van der Waals surface area contributed by atoms with Crippen molar-refractivity contribution < 1.29 is 4.79 Å². The standard InChI is InChI=1S/C16H20N2OS/c1-12(2)11-17-16(19)18-15(14-9-6-10-20-14)13-7-4-3-5-8-13/h3-10,12,15H,11H2,1-2H3,(H2,17,18,19)/t15-/m0/s1. The Morgan fingerprint density at radius 1 is 1.15 bits per heavy atom. The van der Waals surface area contributed by atoms with Crippen LogP contribution in [0.3, 0.4) is 0 Å². The number of rotatable bonds is 5. The molecule has 0 aliphatic rings. The summed E-state index contributed by atoms with van der Waals surface area (Å²) in [6.45, 7) is 4.83. The smallest absolute Gasteiger partial charge is 0.315 e. The molecule has 0 saturated heterocycles. The highest BCUT2D eigenvalue weighted by atomic mass is 32.1. The number of carbonyl (C=O) groups excluding carboxylic acids is 1. The van der Waals surface area contributed by atoms with Crippen molar-refractivity contribution in [3.05, 3.63) is 58.3 Å². The van der Waals surface area contributed by atoms with Crippen LogP contribution < -0.4 is 10.6 Å². The van der Waals surface area contributed by atoms with E-state index < -0.39 is 0 Å². The second-order valence-electron chi connectivity index (χ2n) is 5.11. The zero-order valence-corrected chi connectivity index (χ0v) is 12.6. The summed E-state index contributed by atoms with van der Waals surface area (Å²) in [6, 6.07) is 13.9. The van der Waals surface area contributed by atoms with Crippen LogP contribution in [0.5, 0.6) is 0 Å². The van der Waals surface area contributed by atoms with Gasteiger partial charge in [-0.1, -0.05) is 50.2 Å². The van der Waals surface area contributed by atoms with Crippen molar-refractivity contribution in [3.8, 4) is 0 Å². The maximum Gasteiger partial charge on any atom is 0.315 e. The first-order chi connectivity index (χ1) is 9.66. The molecule has 2 rings (SSSR count). The van der Waals surface area contributed by atoms with E-state index >= 15 is 0 Å². The average Bonchev–Trinajstić information content (AvgIpc) is 2.97. The first-order valence-corrected chi connectivity index (χ1v) is 7.67. The predicted molar refractivity (Wildman–Crippen MR) is 84.0 cm³/mol. The molecule has 2 N–H and O–H groups in total. The van der Waals surface area contributed by atoms with Crippen molar-refractivity contribution >= 4 is 17.4 Å². The summed E-state index contributed by atoms with van der Waals surface area (Å²) < 4.78 is 0. The highest BCUT2D eigenvalue weighted by molar-refractivity contribution is 7.10. The molecule has 0 aliphatic carbocycles. The summed E-state index contributed by atoms with van der Waals surface area (Å²) in [5.41, 5.74) is 1.09. The Labute approximate surface area is 124 Å². The monoisotopic (exact) mass is 288 g/mol. The Hall–Kier alpha value is -1.81. The molecule has 1 atom stereocenters. The van der Waals surface area contributed by atoms with Crippen LogP contribution >= 0.6 is 11.3 Å². The van der Waals surface area contributed by atoms with Gasteiger partial charge in [-0.05, 0) is 22.9 Å². The van der Waals surface area contributed by atoms with Crippen molar-refractivity contribution in [3.63, 3.8) is 0 Å². The lowest BCUT2D eigenvalue weighted by Gasteiger charge is -2.19. The topological polar surface area (TPSA) is 41.1 Å². The van der Waals surface area contributed by atoms with Crippen molar-refractivity contribution in [2.45, 2.75) is 19.9 Å². The van der Waals surface area contributed by atoms with E-state index in [1.807, 2.05) is 47.8 Å². The van der Waals surface area contributed by atoms with Crippen molar-refractivity contribution in [1.82, 2.24) is 10.6 Å². The lowest BCUT2D eigenvalue weighted by atomic mass is 10.1. The molecule has 2 amide bonds. The molecule has 20 heavy (non-hydrogen) atoms. The van der Waals surface area contributed by atoms with Gasteiger partial charge in [-0.15, -0.1) is 11.3 Å². The zero-order valence-electron chi connectivity index (χ0n) is 11.8. The fourth-order valence-electron chi connectivity index (χ4n) is 1.90. The number of thiophene rings is 1. The molecule has 0 saturated carbocycles. The van der Waals surface area contributed by atoms with Gasteiger partial charge in [0.1, 0.15) is 0 Å². The van der Waals surface area contributed by atoms with Crippen molar-refractivity contribution in [1.29, 1.82) is 0 Å². The van der Waals surface area contributed by atoms with E-state index in [9.17, 15) is 4.79 Å². The Bertz CT molecular complexity index is 523. The number of carbonyl (C=O) groups is 1. The summed E-state index contributed by atoms with van der Waals surface area (Å²) in [5.74, 6) is 0.442. The molecule has 2 aromatic rings. The van der Waals surface area contributed by atoms with Crippen LogP contribution in [0.2, 0.25) is 0 Å². The molecule has 1 heterocycles. The first-order valence-electron chi connectivity index (χ1n) is 6.79. The lowest BCUT2D eigenvalue weighted by molar-refractivity contribution is 0.237. The average molecular weight is 288 g/mol. The number of nitrogens with one attached hydrogen (secondary N) is 2. The molecule has 1 aromatic carbocycles. The molecule has 0 unspecified atom stereocenters. The van der Waals surface area contributed by atoms with Gasteiger partial charge in [-0.25, -0.2) is 4.79 Å². The molecule has 0 bridgehead atoms. The molecule has 0 aliphatic heterocycles. The predicted octanol–water partition coefficient (Wildman–Crippen LogP) is 3.79. The van der Waals surface area contributed by atoms with Crippen LogP contribution in [-0.4, -0.2) is 12.6 Å². The highest BCUT2D eigenvalue weighted by Gasteiger charge is 2.17. The number of hydrogen-bond donors (Lipinski definition) is 2. The molecule has 0 fully saturated rings. The van der Waals surface area contributed by atoms with Gasteiger partial charge in [0, 0.05) is 11.4 Å². The van der Waals surface area contributed by atoms with Gasteiger partial charge in [-0.3, -0.25) is 0 Å². The van der Waals surface area contributed by atoms with Crippen LogP contribution in [0.4, 0.5) is 4.79 Å². The SMILES string of the molecule is CC(C)CNC(=O)N[C@@H](c1ccccc1)c1cccs1. The summed E-state index contributed by atoms with van der Waals surface area (Å²) in [5, 5.41) is 7.98. The molecule has 4 heteroatoms. The van der Waals surface area contributed by atoms with Gasteiger partial charge in [-0.2, -0.15) is 0 Å². The van der Waals surface area contributed by atoms with E-state index in [0.29, 0.717) is 12.5 Å². The molecular formula is C16H20N2OS. The zero-order chi connectivity index (χ0) is 14.4. The lowest BCUT2D eigenvalue weighted by Crippen LogP contribution is -2.39. The molecule has 1 aromatic heterocycles. The molecule has 3 nitrogen and oxygen atoms in total. The second-order valence-corrected chi connectivity index (χ2v) is 6.09. The van der Waals surface area contributed by atoms with Gasteiger partial charge in [0.05, 0.1) is 6.04 Å². The first kappa shape index (κ1) is 14.6. The maximum atomic E-state index is 12.0. The minimum atomic E-state index is -0.124. The van der Waals surface area contributed by atoms with Crippen molar-refractivity contribution in [2.75, 3.05) is 6.54 Å². The van der Waals surface area contributed by atoms with E-state index in [4.69, 9.17) is 0 Å². The Morgan fingerprint density at radius 2 is 1.90 bits per heavy atom. The second kappa shape index (κ2) is 7.10. The van der Waals surface area contributed by atoms with Crippen LogP contribution in [0.1, 0.15) is 30.3 Å². The minimum Gasteiger partial charge on any atom is -0.338 e. The Balaban J connectivity index is 2.10. The normalized spacial score (nSPS) is 12.2. The highest BCUT2D eigenvalue weighted by Crippen LogP contribution is 2.25. The van der Waals surface area contributed by atoms with E-state index in [0.717, 1.165) is 10.4 Å². The maximum absolute atomic E-state index is 12.0. The molecular weight excluding hydrogens is 268 g/mol. The number of hydrogen-bond acceptors (Lipinski definition) is 2. The summed E-state index contributed by atoms with van der Waals surface area (Å²) in [4.78, 5) is 13.1. The third-order valence-electron chi connectivity index (χ3n) is 2.91. The van der Waals surface area contributed by atoms with Crippen LogP contribution in [0.25, 0.3) is 0 Å². The fourth-order valence-corrected chi connectivity index (χ4v) is 2.70. The van der Waals surface area contributed by atoms with Crippen LogP contribution in [-0.2, 0) is 0 Å². The summed E-state index contributed by atoms with van der Waals surface area (Å²) >= 11 is 1.65. The van der Waals surface area contributed by atoms with Gasteiger partial charge in [0.25, 0.3) is 0 Å².